The smallest absolute Gasteiger partial charge is 0.240 e. The van der Waals surface area contributed by atoms with Gasteiger partial charge in [0.25, 0.3) is 0 Å². The van der Waals surface area contributed by atoms with Gasteiger partial charge in [-0.1, -0.05) is 47.7 Å². The van der Waals surface area contributed by atoms with Crippen LogP contribution in [0.15, 0.2) is 64.9 Å². The Morgan fingerprint density at radius 1 is 0.947 bits per heavy atom. The predicted octanol–water partition coefficient (Wildman–Crippen LogP) is 3.83. The van der Waals surface area contributed by atoms with Crippen LogP contribution < -0.4 is 0 Å². The minimum absolute atomic E-state index is 0.148. The number of hydrogen-bond donors (Lipinski definition) is 0. The Hall–Kier alpha value is -2.49. The molecule has 1 amide bonds. The van der Waals surface area contributed by atoms with Gasteiger partial charge in [-0.05, 0) is 23.3 Å². The second-order valence-corrected chi connectivity index (χ2v) is 4.14. The molecule has 0 aliphatic rings. The van der Waals surface area contributed by atoms with Crippen LogP contribution in [0.25, 0.3) is 11.1 Å². The van der Waals surface area contributed by atoms with E-state index in [0.717, 1.165) is 11.1 Å². The van der Waals surface area contributed by atoms with Crippen LogP contribution in [0.3, 0.4) is 0 Å². The zero-order valence-corrected chi connectivity index (χ0v) is 10.9. The molecule has 0 bridgehead atoms. The van der Waals surface area contributed by atoms with Gasteiger partial charge >= 0.3 is 0 Å². The van der Waals surface area contributed by atoms with E-state index in [1.54, 1.807) is 7.05 Å². The molecule has 0 unspecified atom stereocenters. The third-order valence-corrected chi connectivity index (χ3v) is 2.72. The SMILES string of the molecule is CC(=O)N(C)N=Nc1ccc(-c2ccccc2)cc1. The lowest BCUT2D eigenvalue weighted by atomic mass is 10.1. The molecule has 19 heavy (non-hydrogen) atoms. The van der Waals surface area contributed by atoms with E-state index >= 15 is 0 Å². The Kier molecular flexibility index (Phi) is 4.03. The van der Waals surface area contributed by atoms with Gasteiger partial charge in [0.05, 0.1) is 5.69 Å². The van der Waals surface area contributed by atoms with Crippen LogP contribution in [0.1, 0.15) is 6.92 Å². The Balaban J connectivity index is 2.13. The van der Waals surface area contributed by atoms with Crippen molar-refractivity contribution in [3.05, 3.63) is 54.6 Å². The monoisotopic (exact) mass is 253 g/mol. The fraction of sp³-hybridized carbons (Fsp3) is 0.133. The summed E-state index contributed by atoms with van der Waals surface area (Å²) in [5, 5.41) is 9.00. The first-order valence-corrected chi connectivity index (χ1v) is 5.98. The molecule has 0 aliphatic heterocycles. The van der Waals surface area contributed by atoms with Crippen molar-refractivity contribution in [2.45, 2.75) is 6.92 Å². The van der Waals surface area contributed by atoms with Crippen LogP contribution in [0.5, 0.6) is 0 Å². The summed E-state index contributed by atoms with van der Waals surface area (Å²) in [4.78, 5) is 11.0. The van der Waals surface area contributed by atoms with E-state index in [1.165, 1.54) is 11.9 Å². The number of benzene rings is 2. The van der Waals surface area contributed by atoms with Crippen molar-refractivity contribution in [3.8, 4) is 11.1 Å². The van der Waals surface area contributed by atoms with E-state index in [-0.39, 0.29) is 5.91 Å². The number of carbonyl (C=O) groups excluding carboxylic acids is 1. The summed E-state index contributed by atoms with van der Waals surface area (Å²) in [6, 6.07) is 17.8. The van der Waals surface area contributed by atoms with Crippen molar-refractivity contribution < 1.29 is 4.79 Å². The summed E-state index contributed by atoms with van der Waals surface area (Å²) in [5.41, 5.74) is 3.00. The molecule has 4 heteroatoms. The van der Waals surface area contributed by atoms with Gasteiger partial charge in [-0.25, -0.2) is 5.01 Å². The normalized spacial score (nSPS) is 10.6. The van der Waals surface area contributed by atoms with E-state index in [9.17, 15) is 4.79 Å². The van der Waals surface area contributed by atoms with Gasteiger partial charge in [0, 0.05) is 14.0 Å². The van der Waals surface area contributed by atoms with Crippen molar-refractivity contribution in [2.24, 2.45) is 10.3 Å². The molecular formula is C15H15N3O. The van der Waals surface area contributed by atoms with Crippen LogP contribution >= 0.6 is 0 Å². The van der Waals surface area contributed by atoms with E-state index in [0.29, 0.717) is 5.69 Å². The van der Waals surface area contributed by atoms with Crippen LogP contribution in [-0.4, -0.2) is 18.0 Å². The molecule has 4 nitrogen and oxygen atoms in total. The summed E-state index contributed by atoms with van der Waals surface area (Å²) < 4.78 is 0. The van der Waals surface area contributed by atoms with Crippen molar-refractivity contribution >= 4 is 11.6 Å². The maximum atomic E-state index is 11.0. The predicted molar refractivity (Wildman–Crippen MR) is 74.8 cm³/mol. The van der Waals surface area contributed by atoms with Gasteiger partial charge in [-0.2, -0.15) is 0 Å². The average Bonchev–Trinajstić information content (AvgIpc) is 2.46. The third-order valence-electron chi connectivity index (χ3n) is 2.72. The molecule has 2 rings (SSSR count). The largest absolute Gasteiger partial charge is 0.273 e. The molecule has 0 saturated heterocycles. The highest BCUT2D eigenvalue weighted by Gasteiger charge is 1.99. The van der Waals surface area contributed by atoms with E-state index in [1.807, 2.05) is 42.5 Å². The fourth-order valence-electron chi connectivity index (χ4n) is 1.53. The topological polar surface area (TPSA) is 45.0 Å². The molecule has 0 atom stereocenters. The average molecular weight is 253 g/mol. The first kappa shape index (κ1) is 13.0. The van der Waals surface area contributed by atoms with Crippen molar-refractivity contribution in [3.63, 3.8) is 0 Å². The third kappa shape index (κ3) is 3.48. The lowest BCUT2D eigenvalue weighted by Gasteiger charge is -2.04. The number of rotatable bonds is 3. The van der Waals surface area contributed by atoms with Gasteiger partial charge < -0.3 is 0 Å². The number of carbonyl (C=O) groups is 1. The molecule has 0 radical (unpaired) electrons. The zero-order chi connectivity index (χ0) is 13.7. The first-order valence-electron chi connectivity index (χ1n) is 5.98. The van der Waals surface area contributed by atoms with Gasteiger partial charge in [0.2, 0.25) is 5.91 Å². The Morgan fingerprint density at radius 2 is 1.53 bits per heavy atom. The van der Waals surface area contributed by atoms with Gasteiger partial charge in [0.15, 0.2) is 0 Å². The van der Waals surface area contributed by atoms with Gasteiger partial charge in [-0.3, -0.25) is 4.79 Å². The van der Waals surface area contributed by atoms with Gasteiger partial charge in [-0.15, -0.1) is 5.11 Å². The zero-order valence-electron chi connectivity index (χ0n) is 10.9. The number of hydrogen-bond acceptors (Lipinski definition) is 3. The van der Waals surface area contributed by atoms with E-state index in [4.69, 9.17) is 0 Å². The maximum absolute atomic E-state index is 11.0. The lowest BCUT2D eigenvalue weighted by Crippen LogP contribution is -2.15. The van der Waals surface area contributed by atoms with Gasteiger partial charge in [0.1, 0.15) is 0 Å². The number of nitrogens with zero attached hydrogens (tertiary/aromatic N) is 3. The lowest BCUT2D eigenvalue weighted by molar-refractivity contribution is -0.127. The fourth-order valence-corrected chi connectivity index (χ4v) is 1.53. The summed E-state index contributed by atoms with van der Waals surface area (Å²) in [6.07, 6.45) is 0. The van der Waals surface area contributed by atoms with Crippen molar-refractivity contribution in [1.82, 2.24) is 5.01 Å². The highest BCUT2D eigenvalue weighted by atomic mass is 16.2. The summed E-state index contributed by atoms with van der Waals surface area (Å²) in [7, 11) is 1.57. The highest BCUT2D eigenvalue weighted by Crippen LogP contribution is 2.22. The standard InChI is InChI=1S/C15H15N3O/c1-12(19)18(2)17-16-15-10-8-14(9-11-15)13-6-4-3-5-7-13/h3-11H,1-2H3. The van der Waals surface area contributed by atoms with Crippen LogP contribution in [0.2, 0.25) is 0 Å². The molecule has 0 saturated carbocycles. The minimum Gasteiger partial charge on any atom is -0.273 e. The summed E-state index contributed by atoms with van der Waals surface area (Å²) in [6.45, 7) is 1.44. The second kappa shape index (κ2) is 5.91. The molecule has 0 aliphatic carbocycles. The Bertz CT molecular complexity index is 576. The molecule has 0 N–H and O–H groups in total. The highest BCUT2D eigenvalue weighted by molar-refractivity contribution is 5.72. The second-order valence-electron chi connectivity index (χ2n) is 4.14. The van der Waals surface area contributed by atoms with E-state index < -0.39 is 0 Å². The van der Waals surface area contributed by atoms with E-state index in [2.05, 4.69) is 22.5 Å². The minimum atomic E-state index is -0.148. The first-order chi connectivity index (χ1) is 9.16. The molecule has 0 spiro atoms. The molecule has 2 aromatic rings. The molecular weight excluding hydrogens is 238 g/mol. The number of amides is 1. The molecule has 0 aromatic heterocycles. The molecule has 0 heterocycles. The Labute approximate surface area is 112 Å². The van der Waals surface area contributed by atoms with Crippen molar-refractivity contribution in [1.29, 1.82) is 0 Å². The Morgan fingerprint density at radius 3 is 2.11 bits per heavy atom. The molecule has 96 valence electrons. The quantitative estimate of drug-likeness (QED) is 0.605. The molecule has 0 fully saturated rings. The van der Waals surface area contributed by atoms with Crippen molar-refractivity contribution in [2.75, 3.05) is 7.05 Å². The molecule has 2 aromatic carbocycles. The van der Waals surface area contributed by atoms with Crippen LogP contribution in [-0.2, 0) is 4.79 Å². The summed E-state index contributed by atoms with van der Waals surface area (Å²) >= 11 is 0. The van der Waals surface area contributed by atoms with Crippen LogP contribution in [0, 0.1) is 0 Å². The maximum Gasteiger partial charge on any atom is 0.240 e. The van der Waals surface area contributed by atoms with Crippen LogP contribution in [0.4, 0.5) is 5.69 Å². The summed E-state index contributed by atoms with van der Waals surface area (Å²) in [5.74, 6) is -0.148.